The van der Waals surface area contributed by atoms with Crippen LogP contribution in [0.15, 0.2) is 54.6 Å². The SMILES string of the molecule is O=C(CNCC1CC1)Nc1ccc(C(=O)NCCc2ccccc2)cc1. The van der Waals surface area contributed by atoms with Crippen LogP contribution in [-0.2, 0) is 11.2 Å². The highest BCUT2D eigenvalue weighted by atomic mass is 16.2. The third kappa shape index (κ3) is 6.01. The average molecular weight is 351 g/mol. The summed E-state index contributed by atoms with van der Waals surface area (Å²) in [6.45, 7) is 1.82. The zero-order chi connectivity index (χ0) is 18.2. The van der Waals surface area contributed by atoms with Gasteiger partial charge in [-0.25, -0.2) is 0 Å². The van der Waals surface area contributed by atoms with E-state index in [0.717, 1.165) is 18.9 Å². The van der Waals surface area contributed by atoms with Gasteiger partial charge in [-0.05, 0) is 61.6 Å². The van der Waals surface area contributed by atoms with Crippen LogP contribution in [0.2, 0.25) is 0 Å². The summed E-state index contributed by atoms with van der Waals surface area (Å²) in [7, 11) is 0. The summed E-state index contributed by atoms with van der Waals surface area (Å²) in [6.07, 6.45) is 3.33. The molecule has 0 atom stereocenters. The van der Waals surface area contributed by atoms with Crippen molar-refractivity contribution in [2.24, 2.45) is 5.92 Å². The average Bonchev–Trinajstić information content (AvgIpc) is 3.47. The molecule has 0 spiro atoms. The highest BCUT2D eigenvalue weighted by molar-refractivity contribution is 5.96. The van der Waals surface area contributed by atoms with Crippen molar-refractivity contribution in [1.29, 1.82) is 0 Å². The molecule has 2 aromatic carbocycles. The largest absolute Gasteiger partial charge is 0.352 e. The Kier molecular flexibility index (Phi) is 6.39. The number of carbonyl (C=O) groups is 2. The molecule has 2 amide bonds. The molecule has 0 radical (unpaired) electrons. The van der Waals surface area contributed by atoms with E-state index in [4.69, 9.17) is 0 Å². The molecule has 0 unspecified atom stereocenters. The minimum atomic E-state index is -0.107. The Morgan fingerprint density at radius 1 is 0.962 bits per heavy atom. The zero-order valence-electron chi connectivity index (χ0n) is 14.8. The van der Waals surface area contributed by atoms with Gasteiger partial charge in [0.25, 0.3) is 5.91 Å². The summed E-state index contributed by atoms with van der Waals surface area (Å²) < 4.78 is 0. The molecule has 0 bridgehead atoms. The van der Waals surface area contributed by atoms with E-state index in [2.05, 4.69) is 16.0 Å². The fourth-order valence-electron chi connectivity index (χ4n) is 2.69. The molecule has 1 aliphatic carbocycles. The number of nitrogens with one attached hydrogen (secondary N) is 3. The molecule has 0 aromatic heterocycles. The Bertz CT molecular complexity index is 725. The lowest BCUT2D eigenvalue weighted by Crippen LogP contribution is -2.29. The lowest BCUT2D eigenvalue weighted by Gasteiger charge is -2.08. The summed E-state index contributed by atoms with van der Waals surface area (Å²) in [5.74, 6) is 0.582. The summed E-state index contributed by atoms with van der Waals surface area (Å²) in [5.41, 5.74) is 2.48. The van der Waals surface area contributed by atoms with Crippen LogP contribution >= 0.6 is 0 Å². The first-order valence-corrected chi connectivity index (χ1v) is 9.13. The summed E-state index contributed by atoms with van der Waals surface area (Å²) >= 11 is 0. The van der Waals surface area contributed by atoms with Crippen molar-refractivity contribution in [2.75, 3.05) is 25.0 Å². The molecular formula is C21H25N3O2. The first-order valence-electron chi connectivity index (χ1n) is 9.13. The van der Waals surface area contributed by atoms with Crippen LogP contribution in [0.25, 0.3) is 0 Å². The molecule has 26 heavy (non-hydrogen) atoms. The van der Waals surface area contributed by atoms with Gasteiger partial charge in [0.1, 0.15) is 0 Å². The van der Waals surface area contributed by atoms with Crippen LogP contribution in [-0.4, -0.2) is 31.4 Å². The fraction of sp³-hybridized carbons (Fsp3) is 0.333. The van der Waals surface area contributed by atoms with Gasteiger partial charge < -0.3 is 16.0 Å². The number of anilines is 1. The van der Waals surface area contributed by atoms with E-state index in [0.29, 0.717) is 24.3 Å². The minimum absolute atomic E-state index is 0.0642. The number of rotatable bonds is 9. The summed E-state index contributed by atoms with van der Waals surface area (Å²) in [5, 5.41) is 8.91. The van der Waals surface area contributed by atoms with E-state index in [1.54, 1.807) is 24.3 Å². The van der Waals surface area contributed by atoms with Crippen LogP contribution in [0.3, 0.4) is 0 Å². The maximum atomic E-state index is 12.2. The van der Waals surface area contributed by atoms with Crippen molar-refractivity contribution in [3.63, 3.8) is 0 Å². The van der Waals surface area contributed by atoms with Crippen LogP contribution < -0.4 is 16.0 Å². The summed E-state index contributed by atoms with van der Waals surface area (Å²) in [4.78, 5) is 24.0. The Morgan fingerprint density at radius 3 is 2.38 bits per heavy atom. The number of benzene rings is 2. The van der Waals surface area contributed by atoms with Gasteiger partial charge in [-0.1, -0.05) is 30.3 Å². The van der Waals surface area contributed by atoms with Crippen LogP contribution in [0.4, 0.5) is 5.69 Å². The molecule has 0 saturated heterocycles. The monoisotopic (exact) mass is 351 g/mol. The highest BCUT2D eigenvalue weighted by Gasteiger charge is 2.20. The Balaban J connectivity index is 1.39. The quantitative estimate of drug-likeness (QED) is 0.650. The fourth-order valence-corrected chi connectivity index (χ4v) is 2.69. The Morgan fingerprint density at radius 2 is 1.69 bits per heavy atom. The van der Waals surface area contributed by atoms with E-state index in [1.165, 1.54) is 18.4 Å². The number of amides is 2. The normalized spacial score (nSPS) is 13.2. The smallest absolute Gasteiger partial charge is 0.251 e. The molecule has 5 nitrogen and oxygen atoms in total. The zero-order valence-corrected chi connectivity index (χ0v) is 14.8. The van der Waals surface area contributed by atoms with Crippen molar-refractivity contribution in [2.45, 2.75) is 19.3 Å². The van der Waals surface area contributed by atoms with Gasteiger partial charge in [0.15, 0.2) is 0 Å². The maximum Gasteiger partial charge on any atom is 0.251 e. The van der Waals surface area contributed by atoms with Gasteiger partial charge in [-0.3, -0.25) is 9.59 Å². The first-order chi connectivity index (χ1) is 12.7. The van der Waals surface area contributed by atoms with Gasteiger partial charge in [0.05, 0.1) is 6.54 Å². The molecule has 3 rings (SSSR count). The molecule has 3 N–H and O–H groups in total. The topological polar surface area (TPSA) is 70.2 Å². The second-order valence-corrected chi connectivity index (χ2v) is 6.69. The Labute approximate surface area is 154 Å². The van der Waals surface area contributed by atoms with Crippen molar-refractivity contribution >= 4 is 17.5 Å². The molecule has 136 valence electrons. The molecule has 2 aromatic rings. The van der Waals surface area contributed by atoms with Gasteiger partial charge in [-0.15, -0.1) is 0 Å². The molecule has 1 fully saturated rings. The van der Waals surface area contributed by atoms with Gasteiger partial charge in [0.2, 0.25) is 5.91 Å². The highest BCUT2D eigenvalue weighted by Crippen LogP contribution is 2.27. The number of hydrogen-bond acceptors (Lipinski definition) is 3. The predicted octanol–water partition coefficient (Wildman–Crippen LogP) is 2.60. The number of carbonyl (C=O) groups excluding carboxylic acids is 2. The van der Waals surface area contributed by atoms with Gasteiger partial charge >= 0.3 is 0 Å². The van der Waals surface area contributed by atoms with Crippen molar-refractivity contribution in [3.8, 4) is 0 Å². The lowest BCUT2D eigenvalue weighted by molar-refractivity contribution is -0.115. The van der Waals surface area contributed by atoms with Crippen LogP contribution in [0, 0.1) is 5.92 Å². The summed E-state index contributed by atoms with van der Waals surface area (Å²) in [6, 6.07) is 17.0. The van der Waals surface area contributed by atoms with Gasteiger partial charge in [-0.2, -0.15) is 0 Å². The Hall–Kier alpha value is -2.66. The third-order valence-electron chi connectivity index (χ3n) is 4.39. The molecule has 1 saturated carbocycles. The van der Waals surface area contributed by atoms with Crippen molar-refractivity contribution in [1.82, 2.24) is 10.6 Å². The van der Waals surface area contributed by atoms with Crippen LogP contribution in [0.5, 0.6) is 0 Å². The van der Waals surface area contributed by atoms with E-state index in [-0.39, 0.29) is 11.8 Å². The first kappa shape index (κ1) is 18.1. The van der Waals surface area contributed by atoms with Crippen LogP contribution in [0.1, 0.15) is 28.8 Å². The standard InChI is InChI=1S/C21H25N3O2/c25-20(15-22-14-17-6-7-17)24-19-10-8-18(9-11-19)21(26)23-13-12-16-4-2-1-3-5-16/h1-5,8-11,17,22H,6-7,12-15H2,(H,23,26)(H,24,25). The van der Waals surface area contributed by atoms with E-state index in [1.807, 2.05) is 30.3 Å². The predicted molar refractivity (Wildman–Crippen MR) is 103 cm³/mol. The number of hydrogen-bond donors (Lipinski definition) is 3. The molecular weight excluding hydrogens is 326 g/mol. The van der Waals surface area contributed by atoms with Gasteiger partial charge in [0, 0.05) is 17.8 Å². The third-order valence-corrected chi connectivity index (χ3v) is 4.39. The molecule has 0 heterocycles. The minimum Gasteiger partial charge on any atom is -0.352 e. The van der Waals surface area contributed by atoms with Crippen molar-refractivity contribution < 1.29 is 9.59 Å². The van der Waals surface area contributed by atoms with E-state index < -0.39 is 0 Å². The molecule has 0 aliphatic heterocycles. The second-order valence-electron chi connectivity index (χ2n) is 6.69. The maximum absolute atomic E-state index is 12.2. The lowest BCUT2D eigenvalue weighted by atomic mass is 10.1. The van der Waals surface area contributed by atoms with Crippen molar-refractivity contribution in [3.05, 3.63) is 65.7 Å². The molecule has 5 heteroatoms. The molecule has 1 aliphatic rings. The van der Waals surface area contributed by atoms with E-state index >= 15 is 0 Å². The van der Waals surface area contributed by atoms with E-state index in [9.17, 15) is 9.59 Å². The second kappa shape index (κ2) is 9.15.